The van der Waals surface area contributed by atoms with Crippen LogP contribution in [0.3, 0.4) is 0 Å². The fourth-order valence-corrected chi connectivity index (χ4v) is 10.6. The molecule has 108 valence electrons. The van der Waals surface area contributed by atoms with Crippen molar-refractivity contribution >= 4 is 6.08 Å². The van der Waals surface area contributed by atoms with Crippen LogP contribution in [0.2, 0.25) is 3.17 Å². The summed E-state index contributed by atoms with van der Waals surface area (Å²) in [6.45, 7) is 14.3. The molecule has 0 N–H and O–H groups in total. The molecule has 0 amide bonds. The van der Waals surface area contributed by atoms with Gasteiger partial charge in [0.05, 0.1) is 0 Å². The molecule has 0 fully saturated rings. The summed E-state index contributed by atoms with van der Waals surface area (Å²) >= 11 is -0.959. The number of hydrogen-bond donors (Lipinski definition) is 0. The van der Waals surface area contributed by atoms with E-state index >= 15 is 0 Å². The van der Waals surface area contributed by atoms with Crippen molar-refractivity contribution < 1.29 is 22.9 Å². The molecule has 2 aliphatic carbocycles. The molecular weight excluding hydrogens is 419 g/mol. The summed E-state index contributed by atoms with van der Waals surface area (Å²) in [5.74, 6) is 0.642. The molecule has 3 rings (SSSR count). The van der Waals surface area contributed by atoms with Crippen LogP contribution in [0.15, 0.2) is 49.9 Å². The summed E-state index contributed by atoms with van der Waals surface area (Å²) in [4.78, 5) is 0. The maximum atomic E-state index is 2.51. The molecule has 1 atom stereocenters. The van der Waals surface area contributed by atoms with Gasteiger partial charge in [-0.05, 0) is 0 Å². The first-order valence-corrected chi connectivity index (χ1v) is 11.4. The standard InChI is InChI=1S/C10H9.C10H15.Hf/c1-8-6-7-9-4-2-3-5-10(8)9;1-6-7(2)9(4)10(5)8(6)3;/h2-5,7-8H,1H3;1-5H3;. The van der Waals surface area contributed by atoms with Crippen molar-refractivity contribution in [1.29, 1.82) is 0 Å². The summed E-state index contributed by atoms with van der Waals surface area (Å²) < 4.78 is 2.18. The van der Waals surface area contributed by atoms with Gasteiger partial charge in [-0.25, -0.2) is 0 Å². The quantitative estimate of drug-likeness (QED) is 0.486. The molecule has 0 nitrogen and oxygen atoms in total. The van der Waals surface area contributed by atoms with Gasteiger partial charge in [-0.2, -0.15) is 0 Å². The third kappa shape index (κ3) is 2.20. The second kappa shape index (κ2) is 5.19. The summed E-state index contributed by atoms with van der Waals surface area (Å²) in [6, 6.07) is 8.94. The molecule has 0 saturated carbocycles. The summed E-state index contributed by atoms with van der Waals surface area (Å²) in [5.41, 5.74) is 9.39. The van der Waals surface area contributed by atoms with Gasteiger partial charge in [-0.15, -0.1) is 0 Å². The zero-order valence-corrected chi connectivity index (χ0v) is 17.6. The van der Waals surface area contributed by atoms with Crippen molar-refractivity contribution in [1.82, 2.24) is 0 Å². The Morgan fingerprint density at radius 3 is 2.10 bits per heavy atom. The van der Waals surface area contributed by atoms with Gasteiger partial charge in [0, 0.05) is 0 Å². The van der Waals surface area contributed by atoms with E-state index in [1.807, 2.05) is 0 Å². The van der Waals surface area contributed by atoms with Crippen LogP contribution in [0.25, 0.3) is 6.08 Å². The van der Waals surface area contributed by atoms with Crippen molar-refractivity contribution in [2.24, 2.45) is 0 Å². The Hall–Kier alpha value is -0.690. The molecule has 1 heteroatoms. The third-order valence-corrected chi connectivity index (χ3v) is 13.4. The Labute approximate surface area is 140 Å². The number of benzene rings is 1. The Bertz CT molecular complexity index is 676. The van der Waals surface area contributed by atoms with Crippen LogP contribution in [-0.2, 0) is 22.9 Å². The predicted molar refractivity (Wildman–Crippen MR) is 87.9 cm³/mol. The van der Waals surface area contributed by atoms with E-state index in [9.17, 15) is 0 Å². The van der Waals surface area contributed by atoms with Gasteiger partial charge >= 0.3 is 141 Å². The van der Waals surface area contributed by atoms with Crippen molar-refractivity contribution in [3.63, 3.8) is 0 Å². The zero-order valence-electron chi connectivity index (χ0n) is 14.0. The summed E-state index contributed by atoms with van der Waals surface area (Å²) in [7, 11) is 0. The summed E-state index contributed by atoms with van der Waals surface area (Å²) in [5, 5.41) is 0. The minimum absolute atomic E-state index is 0.399. The molecular formula is C20H24Hf. The fraction of sp³-hybridized carbons (Fsp3) is 0.400. The van der Waals surface area contributed by atoms with Crippen LogP contribution >= 0.6 is 0 Å². The first kappa shape index (κ1) is 15.2. The molecule has 0 bridgehead atoms. The van der Waals surface area contributed by atoms with Crippen molar-refractivity contribution in [3.8, 4) is 0 Å². The molecule has 2 aliphatic rings. The second-order valence-corrected chi connectivity index (χ2v) is 13.3. The number of hydrogen-bond acceptors (Lipinski definition) is 0. The number of rotatable bonds is 2. The molecule has 1 unspecified atom stereocenters. The summed E-state index contributed by atoms with van der Waals surface area (Å²) in [6.07, 6.45) is 2.51. The SMILES string of the molecule is CC1=C(C)[C](C)([Hf][C]2=Cc3ccccc3C2C)C(C)=C1C. The van der Waals surface area contributed by atoms with Crippen molar-refractivity contribution in [2.75, 3.05) is 0 Å². The van der Waals surface area contributed by atoms with Crippen LogP contribution < -0.4 is 0 Å². The first-order chi connectivity index (χ1) is 9.86. The van der Waals surface area contributed by atoms with Crippen LogP contribution in [-0.4, -0.2) is 0 Å². The molecule has 1 aromatic rings. The Kier molecular flexibility index (Phi) is 3.76. The van der Waals surface area contributed by atoms with E-state index in [0.717, 1.165) is 0 Å². The zero-order chi connectivity index (χ0) is 15.4. The van der Waals surface area contributed by atoms with Gasteiger partial charge in [-0.3, -0.25) is 0 Å². The van der Waals surface area contributed by atoms with E-state index in [4.69, 9.17) is 0 Å². The van der Waals surface area contributed by atoms with E-state index in [1.165, 1.54) is 5.56 Å². The number of fused-ring (bicyclic) bond motifs is 1. The van der Waals surface area contributed by atoms with E-state index in [2.05, 4.69) is 71.9 Å². The molecule has 0 spiro atoms. The molecule has 1 aromatic carbocycles. The van der Waals surface area contributed by atoms with Gasteiger partial charge in [0.15, 0.2) is 0 Å². The van der Waals surface area contributed by atoms with Crippen LogP contribution in [0.4, 0.5) is 0 Å². The van der Waals surface area contributed by atoms with Gasteiger partial charge in [0.1, 0.15) is 0 Å². The second-order valence-electron chi connectivity index (χ2n) is 6.70. The Morgan fingerprint density at radius 1 is 0.952 bits per heavy atom. The third-order valence-electron chi connectivity index (χ3n) is 5.82. The van der Waals surface area contributed by atoms with Gasteiger partial charge in [0.25, 0.3) is 0 Å². The van der Waals surface area contributed by atoms with E-state index < -0.39 is 22.9 Å². The average molecular weight is 443 g/mol. The van der Waals surface area contributed by atoms with Gasteiger partial charge < -0.3 is 0 Å². The van der Waals surface area contributed by atoms with Crippen LogP contribution in [0.1, 0.15) is 58.6 Å². The van der Waals surface area contributed by atoms with E-state index in [1.54, 1.807) is 31.2 Å². The van der Waals surface area contributed by atoms with Crippen LogP contribution in [0, 0.1) is 0 Å². The first-order valence-electron chi connectivity index (χ1n) is 7.81. The Balaban J connectivity index is 1.97. The van der Waals surface area contributed by atoms with Crippen LogP contribution in [0.5, 0.6) is 0 Å². The minimum atomic E-state index is -0.959. The average Bonchev–Trinajstić information content (AvgIpc) is 2.86. The van der Waals surface area contributed by atoms with E-state index in [0.29, 0.717) is 9.09 Å². The molecule has 0 aliphatic heterocycles. The van der Waals surface area contributed by atoms with E-state index in [-0.39, 0.29) is 0 Å². The maximum absolute atomic E-state index is 2.51. The molecule has 0 saturated heterocycles. The topological polar surface area (TPSA) is 0 Å². The number of allylic oxidation sites excluding steroid dienone is 5. The van der Waals surface area contributed by atoms with Gasteiger partial charge in [-0.1, -0.05) is 0 Å². The predicted octanol–water partition coefficient (Wildman–Crippen LogP) is 6.09. The molecule has 0 radical (unpaired) electrons. The van der Waals surface area contributed by atoms with Crippen molar-refractivity contribution in [3.05, 3.63) is 61.0 Å². The monoisotopic (exact) mass is 444 g/mol. The normalized spacial score (nSPS) is 23.5. The Morgan fingerprint density at radius 2 is 1.52 bits per heavy atom. The van der Waals surface area contributed by atoms with Gasteiger partial charge in [0.2, 0.25) is 0 Å². The van der Waals surface area contributed by atoms with Crippen molar-refractivity contribution in [2.45, 2.75) is 50.6 Å². The molecule has 21 heavy (non-hydrogen) atoms. The molecule has 0 heterocycles. The molecule has 0 aromatic heterocycles. The fourth-order valence-electron chi connectivity index (χ4n) is 3.71.